The Morgan fingerprint density at radius 1 is 1.26 bits per heavy atom. The van der Waals surface area contributed by atoms with Gasteiger partial charge in [0.15, 0.2) is 0 Å². The molecule has 1 saturated carbocycles. The van der Waals surface area contributed by atoms with E-state index in [1.807, 2.05) is 12.1 Å². The van der Waals surface area contributed by atoms with Crippen LogP contribution in [0.15, 0.2) is 24.3 Å². The molecule has 3 rings (SSSR count). The Labute approximate surface area is 114 Å². The van der Waals surface area contributed by atoms with Crippen LogP contribution in [0.1, 0.15) is 37.2 Å². The van der Waals surface area contributed by atoms with Gasteiger partial charge in [0.2, 0.25) is 0 Å². The van der Waals surface area contributed by atoms with Gasteiger partial charge in [0, 0.05) is 18.3 Å². The predicted octanol–water partition coefficient (Wildman–Crippen LogP) is 2.44. The van der Waals surface area contributed by atoms with Crippen LogP contribution in [0.25, 0.3) is 0 Å². The van der Waals surface area contributed by atoms with Gasteiger partial charge < -0.3 is 16.0 Å². The van der Waals surface area contributed by atoms with Crippen molar-refractivity contribution in [2.24, 2.45) is 0 Å². The molecule has 2 aliphatic rings. The maximum atomic E-state index is 11.9. The minimum atomic E-state index is -0.0977. The van der Waals surface area contributed by atoms with Crippen LogP contribution < -0.4 is 16.0 Å². The highest BCUT2D eigenvalue weighted by Crippen LogP contribution is 2.36. The van der Waals surface area contributed by atoms with E-state index < -0.39 is 0 Å². The van der Waals surface area contributed by atoms with Crippen molar-refractivity contribution in [1.82, 2.24) is 10.6 Å². The summed E-state index contributed by atoms with van der Waals surface area (Å²) in [7, 11) is 0. The number of rotatable bonds is 3. The van der Waals surface area contributed by atoms with Crippen molar-refractivity contribution in [3.8, 4) is 0 Å². The molecule has 4 nitrogen and oxygen atoms in total. The van der Waals surface area contributed by atoms with Crippen molar-refractivity contribution >= 4 is 11.7 Å². The van der Waals surface area contributed by atoms with E-state index in [0.717, 1.165) is 25.2 Å². The third-order valence-corrected chi connectivity index (χ3v) is 4.12. The number of carbonyl (C=O) groups excluding carboxylic acids is 1. The molecular weight excluding hydrogens is 238 g/mol. The molecule has 1 heterocycles. The molecule has 1 aliphatic carbocycles. The lowest BCUT2D eigenvalue weighted by Gasteiger charge is -2.26. The van der Waals surface area contributed by atoms with Gasteiger partial charge in [0.05, 0.1) is 0 Å². The molecule has 1 unspecified atom stereocenters. The van der Waals surface area contributed by atoms with Gasteiger partial charge in [-0.15, -0.1) is 0 Å². The fraction of sp³-hybridized carbons (Fsp3) is 0.533. The normalized spacial score (nSPS) is 22.8. The highest BCUT2D eigenvalue weighted by atomic mass is 16.2. The lowest BCUT2D eigenvalue weighted by Crippen LogP contribution is -2.39. The first kappa shape index (κ1) is 12.5. The zero-order valence-electron chi connectivity index (χ0n) is 11.1. The van der Waals surface area contributed by atoms with Gasteiger partial charge >= 0.3 is 6.03 Å². The largest absolute Gasteiger partial charge is 0.334 e. The van der Waals surface area contributed by atoms with Crippen molar-refractivity contribution in [1.29, 1.82) is 0 Å². The molecule has 102 valence electrons. The first-order chi connectivity index (χ1) is 9.31. The number of hydrogen-bond acceptors (Lipinski definition) is 2. The molecule has 0 aromatic heterocycles. The molecule has 1 atom stereocenters. The fourth-order valence-electron chi connectivity index (χ4n) is 2.74. The van der Waals surface area contributed by atoms with Gasteiger partial charge in [-0.3, -0.25) is 0 Å². The smallest absolute Gasteiger partial charge is 0.319 e. The van der Waals surface area contributed by atoms with Gasteiger partial charge in [0.25, 0.3) is 0 Å². The summed E-state index contributed by atoms with van der Waals surface area (Å²) < 4.78 is 0. The highest BCUT2D eigenvalue weighted by Gasteiger charge is 2.20. The van der Waals surface area contributed by atoms with Crippen LogP contribution in [0.3, 0.4) is 0 Å². The molecular formula is C15H21N3O. The van der Waals surface area contributed by atoms with E-state index in [0.29, 0.717) is 5.92 Å². The van der Waals surface area contributed by atoms with E-state index in [2.05, 4.69) is 28.1 Å². The summed E-state index contributed by atoms with van der Waals surface area (Å²) in [5.41, 5.74) is 2.25. The number of anilines is 1. The van der Waals surface area contributed by atoms with Crippen molar-refractivity contribution in [3.63, 3.8) is 0 Å². The van der Waals surface area contributed by atoms with Crippen LogP contribution in [-0.2, 0) is 0 Å². The number of nitrogens with one attached hydrogen (secondary N) is 3. The lowest BCUT2D eigenvalue weighted by molar-refractivity contribution is 0.249. The summed E-state index contributed by atoms with van der Waals surface area (Å²) in [4.78, 5) is 11.9. The SMILES string of the molecule is O=C(Nc1cccc(C2CCC2)c1)NC1CCNC1. The van der Waals surface area contributed by atoms with Crippen molar-refractivity contribution in [2.45, 2.75) is 37.6 Å². The number of urea groups is 1. The van der Waals surface area contributed by atoms with E-state index >= 15 is 0 Å². The van der Waals surface area contributed by atoms with Gasteiger partial charge in [-0.2, -0.15) is 0 Å². The number of amides is 2. The van der Waals surface area contributed by atoms with Crippen LogP contribution in [-0.4, -0.2) is 25.2 Å². The van der Waals surface area contributed by atoms with E-state index in [1.165, 1.54) is 24.8 Å². The second-order valence-electron chi connectivity index (χ2n) is 5.54. The first-order valence-corrected chi connectivity index (χ1v) is 7.19. The standard InChI is InChI=1S/C15H21N3O/c19-15(18-14-7-8-16-10-14)17-13-6-2-5-12(9-13)11-3-1-4-11/h2,5-6,9,11,14,16H,1,3-4,7-8,10H2,(H2,17,18,19). The topological polar surface area (TPSA) is 53.2 Å². The third kappa shape index (κ3) is 3.07. The molecule has 2 amide bonds. The highest BCUT2D eigenvalue weighted by molar-refractivity contribution is 5.89. The molecule has 3 N–H and O–H groups in total. The van der Waals surface area contributed by atoms with Crippen LogP contribution >= 0.6 is 0 Å². The number of carbonyl (C=O) groups is 1. The summed E-state index contributed by atoms with van der Waals surface area (Å²) in [5.74, 6) is 0.698. The quantitative estimate of drug-likeness (QED) is 0.781. The molecule has 2 fully saturated rings. The molecule has 1 aromatic carbocycles. The molecule has 19 heavy (non-hydrogen) atoms. The number of hydrogen-bond donors (Lipinski definition) is 3. The summed E-state index contributed by atoms with van der Waals surface area (Å²) in [6.45, 7) is 1.86. The maximum Gasteiger partial charge on any atom is 0.319 e. The predicted molar refractivity (Wildman–Crippen MR) is 76.5 cm³/mol. The van der Waals surface area contributed by atoms with Gasteiger partial charge in [-0.25, -0.2) is 4.79 Å². The maximum absolute atomic E-state index is 11.9. The van der Waals surface area contributed by atoms with Crippen LogP contribution in [0.2, 0.25) is 0 Å². The van der Waals surface area contributed by atoms with Gasteiger partial charge in [0.1, 0.15) is 0 Å². The van der Waals surface area contributed by atoms with Crippen LogP contribution in [0.4, 0.5) is 10.5 Å². The summed E-state index contributed by atoms with van der Waals surface area (Å²) in [6.07, 6.45) is 4.90. The Kier molecular flexibility index (Phi) is 3.69. The minimum Gasteiger partial charge on any atom is -0.334 e. The summed E-state index contributed by atoms with van der Waals surface area (Å²) in [6, 6.07) is 8.41. The Bertz CT molecular complexity index is 450. The minimum absolute atomic E-state index is 0.0977. The average molecular weight is 259 g/mol. The van der Waals surface area contributed by atoms with Crippen molar-refractivity contribution in [3.05, 3.63) is 29.8 Å². The average Bonchev–Trinajstić information content (AvgIpc) is 2.79. The molecule has 0 bridgehead atoms. The van der Waals surface area contributed by atoms with E-state index in [1.54, 1.807) is 0 Å². The molecule has 1 aromatic rings. The zero-order valence-corrected chi connectivity index (χ0v) is 11.1. The molecule has 4 heteroatoms. The van der Waals surface area contributed by atoms with E-state index in [-0.39, 0.29) is 12.1 Å². The van der Waals surface area contributed by atoms with Crippen LogP contribution in [0.5, 0.6) is 0 Å². The fourth-order valence-corrected chi connectivity index (χ4v) is 2.74. The zero-order chi connectivity index (χ0) is 13.1. The summed E-state index contributed by atoms with van der Waals surface area (Å²) in [5, 5.41) is 9.16. The molecule has 0 radical (unpaired) electrons. The Morgan fingerprint density at radius 3 is 2.84 bits per heavy atom. The molecule has 1 aliphatic heterocycles. The second kappa shape index (κ2) is 5.61. The molecule has 0 spiro atoms. The number of benzene rings is 1. The van der Waals surface area contributed by atoms with Gasteiger partial charge in [-0.05, 0) is 49.4 Å². The monoisotopic (exact) mass is 259 g/mol. The van der Waals surface area contributed by atoms with Gasteiger partial charge in [-0.1, -0.05) is 18.6 Å². The lowest BCUT2D eigenvalue weighted by atomic mass is 9.80. The Balaban J connectivity index is 1.57. The second-order valence-corrected chi connectivity index (χ2v) is 5.54. The molecule has 1 saturated heterocycles. The van der Waals surface area contributed by atoms with Crippen molar-refractivity contribution < 1.29 is 4.79 Å². The Hall–Kier alpha value is -1.55. The van der Waals surface area contributed by atoms with Crippen LogP contribution in [0, 0.1) is 0 Å². The van der Waals surface area contributed by atoms with E-state index in [4.69, 9.17) is 0 Å². The first-order valence-electron chi connectivity index (χ1n) is 7.19. The van der Waals surface area contributed by atoms with E-state index in [9.17, 15) is 4.79 Å². The Morgan fingerprint density at radius 2 is 2.16 bits per heavy atom. The third-order valence-electron chi connectivity index (χ3n) is 4.12. The van der Waals surface area contributed by atoms with Crippen molar-refractivity contribution in [2.75, 3.05) is 18.4 Å². The summed E-state index contributed by atoms with van der Waals surface area (Å²) >= 11 is 0.